The maximum atomic E-state index is 5.83. The maximum absolute atomic E-state index is 5.83. The minimum absolute atomic E-state index is 0.620. The van der Waals surface area contributed by atoms with Gasteiger partial charge in [0.2, 0.25) is 0 Å². The highest BCUT2D eigenvalue weighted by Gasteiger charge is 2.01. The molecule has 0 amide bonds. The lowest BCUT2D eigenvalue weighted by Crippen LogP contribution is -2.02. The minimum Gasteiger partial charge on any atom is -0.495 e. The number of anilines is 2. The van der Waals surface area contributed by atoms with Crippen molar-refractivity contribution in [3.8, 4) is 5.75 Å². The van der Waals surface area contributed by atoms with Crippen LogP contribution in [-0.2, 0) is 6.54 Å². The number of hydrogen-bond donors (Lipinski definition) is 2. The normalized spacial score (nSPS) is 10.1. The molecule has 5 heteroatoms. The molecule has 1 aromatic heterocycles. The summed E-state index contributed by atoms with van der Waals surface area (Å²) in [5.74, 6) is 1.46. The lowest BCUT2D eigenvalue weighted by molar-refractivity contribution is 0.417. The third kappa shape index (κ3) is 3.05. The van der Waals surface area contributed by atoms with Gasteiger partial charge in [0, 0.05) is 12.7 Å². The van der Waals surface area contributed by atoms with E-state index in [1.54, 1.807) is 19.4 Å². The Balaban J connectivity index is 2.02. The topological polar surface area (TPSA) is 60.2 Å². The van der Waals surface area contributed by atoms with Crippen LogP contribution in [0, 0.1) is 0 Å². The number of halogens is 1. The Hall–Kier alpha value is -1.94. The summed E-state index contributed by atoms with van der Waals surface area (Å²) in [5.41, 5.74) is 7.52. The number of hydrogen-bond acceptors (Lipinski definition) is 4. The molecule has 4 nitrogen and oxygen atoms in total. The fourth-order valence-corrected chi connectivity index (χ4v) is 1.68. The number of ether oxygens (including phenoxy) is 1. The first-order valence-electron chi connectivity index (χ1n) is 5.47. The fraction of sp³-hybridized carbons (Fsp3) is 0.154. The van der Waals surface area contributed by atoms with Crippen LogP contribution in [0.3, 0.4) is 0 Å². The van der Waals surface area contributed by atoms with Gasteiger partial charge in [0.05, 0.1) is 17.8 Å². The molecule has 0 aliphatic rings. The van der Waals surface area contributed by atoms with E-state index in [2.05, 4.69) is 10.3 Å². The van der Waals surface area contributed by atoms with Crippen molar-refractivity contribution in [3.05, 3.63) is 47.1 Å². The predicted molar refractivity (Wildman–Crippen MR) is 74.0 cm³/mol. The van der Waals surface area contributed by atoms with Crippen molar-refractivity contribution in [1.29, 1.82) is 0 Å². The summed E-state index contributed by atoms with van der Waals surface area (Å²) >= 11 is 5.76. The third-order valence-corrected chi connectivity index (χ3v) is 2.72. The Morgan fingerprint density at radius 1 is 1.33 bits per heavy atom. The second-order valence-electron chi connectivity index (χ2n) is 3.79. The van der Waals surface area contributed by atoms with Crippen molar-refractivity contribution >= 4 is 23.1 Å². The van der Waals surface area contributed by atoms with Crippen LogP contribution in [0.4, 0.5) is 11.5 Å². The monoisotopic (exact) mass is 263 g/mol. The second-order valence-corrected chi connectivity index (χ2v) is 4.23. The SMILES string of the molecule is COc1ccc(CNc2ccc(Cl)cn2)cc1N. The molecule has 2 aromatic rings. The highest BCUT2D eigenvalue weighted by Crippen LogP contribution is 2.22. The number of nitrogens with two attached hydrogens (primary N) is 1. The van der Waals surface area contributed by atoms with Crippen molar-refractivity contribution in [3.63, 3.8) is 0 Å². The highest BCUT2D eigenvalue weighted by molar-refractivity contribution is 6.30. The average molecular weight is 264 g/mol. The molecule has 0 aliphatic carbocycles. The van der Waals surface area contributed by atoms with Gasteiger partial charge in [0.1, 0.15) is 11.6 Å². The number of rotatable bonds is 4. The molecule has 0 atom stereocenters. The van der Waals surface area contributed by atoms with Crippen molar-refractivity contribution < 1.29 is 4.74 Å². The molecule has 2 rings (SSSR count). The molecule has 0 saturated carbocycles. The van der Waals surface area contributed by atoms with Gasteiger partial charge in [0.15, 0.2) is 0 Å². The molecular formula is C13H14ClN3O. The molecule has 0 bridgehead atoms. The second kappa shape index (κ2) is 5.60. The van der Waals surface area contributed by atoms with Gasteiger partial charge in [-0.1, -0.05) is 17.7 Å². The quantitative estimate of drug-likeness (QED) is 0.833. The molecule has 0 radical (unpaired) electrons. The van der Waals surface area contributed by atoms with Gasteiger partial charge in [-0.15, -0.1) is 0 Å². The smallest absolute Gasteiger partial charge is 0.141 e. The zero-order valence-electron chi connectivity index (χ0n) is 9.98. The van der Waals surface area contributed by atoms with E-state index in [0.717, 1.165) is 11.4 Å². The number of methoxy groups -OCH3 is 1. The molecule has 0 saturated heterocycles. The third-order valence-electron chi connectivity index (χ3n) is 2.50. The molecule has 1 aromatic carbocycles. The Morgan fingerprint density at radius 3 is 2.78 bits per heavy atom. The largest absolute Gasteiger partial charge is 0.495 e. The van der Waals surface area contributed by atoms with Gasteiger partial charge in [-0.2, -0.15) is 0 Å². The standard InChI is InChI=1S/C13H14ClN3O/c1-18-12-4-2-9(6-11(12)15)7-16-13-5-3-10(14)8-17-13/h2-6,8H,7,15H2,1H3,(H,16,17). The van der Waals surface area contributed by atoms with E-state index in [0.29, 0.717) is 23.0 Å². The Morgan fingerprint density at radius 2 is 2.17 bits per heavy atom. The van der Waals surface area contributed by atoms with E-state index >= 15 is 0 Å². The van der Waals surface area contributed by atoms with Gasteiger partial charge < -0.3 is 15.8 Å². The summed E-state index contributed by atoms with van der Waals surface area (Å²) in [6.07, 6.45) is 1.60. The van der Waals surface area contributed by atoms with Gasteiger partial charge in [0.25, 0.3) is 0 Å². The van der Waals surface area contributed by atoms with Crippen molar-refractivity contribution in [1.82, 2.24) is 4.98 Å². The lowest BCUT2D eigenvalue weighted by Gasteiger charge is -2.08. The van der Waals surface area contributed by atoms with E-state index < -0.39 is 0 Å². The summed E-state index contributed by atoms with van der Waals surface area (Å²) in [6.45, 7) is 0.642. The molecule has 94 valence electrons. The molecule has 3 N–H and O–H groups in total. The molecule has 0 spiro atoms. The zero-order chi connectivity index (χ0) is 13.0. The minimum atomic E-state index is 0.620. The molecule has 1 heterocycles. The summed E-state index contributed by atoms with van der Waals surface area (Å²) < 4.78 is 5.10. The number of nitrogens with one attached hydrogen (secondary N) is 1. The summed E-state index contributed by atoms with van der Waals surface area (Å²) in [4.78, 5) is 4.15. The molecule has 18 heavy (non-hydrogen) atoms. The number of nitrogens with zero attached hydrogens (tertiary/aromatic N) is 1. The van der Waals surface area contributed by atoms with E-state index in [-0.39, 0.29) is 0 Å². The molecule has 0 aliphatic heterocycles. The van der Waals surface area contributed by atoms with Crippen LogP contribution in [0.15, 0.2) is 36.5 Å². The fourth-order valence-electron chi connectivity index (χ4n) is 1.57. The first-order valence-corrected chi connectivity index (χ1v) is 5.84. The highest BCUT2D eigenvalue weighted by atomic mass is 35.5. The Labute approximate surface area is 111 Å². The van der Waals surface area contributed by atoms with Crippen molar-refractivity contribution in [2.45, 2.75) is 6.54 Å². The number of benzene rings is 1. The van der Waals surface area contributed by atoms with E-state index in [1.165, 1.54) is 0 Å². The van der Waals surface area contributed by atoms with Gasteiger partial charge in [-0.3, -0.25) is 0 Å². The van der Waals surface area contributed by atoms with Crippen LogP contribution in [0.25, 0.3) is 0 Å². The first kappa shape index (κ1) is 12.5. The summed E-state index contributed by atoms with van der Waals surface area (Å²) in [5, 5.41) is 3.81. The van der Waals surface area contributed by atoms with Crippen LogP contribution in [0.5, 0.6) is 5.75 Å². The van der Waals surface area contributed by atoms with Gasteiger partial charge in [-0.25, -0.2) is 4.98 Å². The van der Waals surface area contributed by atoms with E-state index in [1.807, 2.05) is 24.3 Å². The number of aromatic nitrogens is 1. The van der Waals surface area contributed by atoms with Crippen LogP contribution in [0.1, 0.15) is 5.56 Å². The van der Waals surface area contributed by atoms with E-state index in [9.17, 15) is 0 Å². The van der Waals surface area contributed by atoms with Crippen LogP contribution < -0.4 is 15.8 Å². The number of pyridine rings is 1. The maximum Gasteiger partial charge on any atom is 0.141 e. The average Bonchev–Trinajstić information content (AvgIpc) is 2.38. The molecular weight excluding hydrogens is 250 g/mol. The number of nitrogen functional groups attached to an aromatic ring is 1. The molecule has 0 unspecified atom stereocenters. The summed E-state index contributed by atoms with van der Waals surface area (Å²) in [7, 11) is 1.60. The zero-order valence-corrected chi connectivity index (χ0v) is 10.7. The van der Waals surface area contributed by atoms with Crippen LogP contribution in [0.2, 0.25) is 5.02 Å². The Bertz CT molecular complexity index is 528. The van der Waals surface area contributed by atoms with Crippen molar-refractivity contribution in [2.24, 2.45) is 0 Å². The lowest BCUT2D eigenvalue weighted by atomic mass is 10.2. The summed E-state index contributed by atoms with van der Waals surface area (Å²) in [6, 6.07) is 9.30. The van der Waals surface area contributed by atoms with Gasteiger partial charge in [-0.05, 0) is 29.8 Å². The predicted octanol–water partition coefficient (Wildman–Crippen LogP) is 2.94. The first-order chi connectivity index (χ1) is 8.69. The Kier molecular flexibility index (Phi) is 3.89. The molecule has 0 fully saturated rings. The van der Waals surface area contributed by atoms with E-state index in [4.69, 9.17) is 22.1 Å². The van der Waals surface area contributed by atoms with Crippen LogP contribution in [-0.4, -0.2) is 12.1 Å². The van der Waals surface area contributed by atoms with Crippen molar-refractivity contribution in [2.75, 3.05) is 18.2 Å². The van der Waals surface area contributed by atoms with Crippen LogP contribution >= 0.6 is 11.6 Å². The van der Waals surface area contributed by atoms with Gasteiger partial charge >= 0.3 is 0 Å².